The Labute approximate surface area is 85.2 Å². The van der Waals surface area contributed by atoms with Crippen LogP contribution < -0.4 is 5.32 Å². The molecule has 1 unspecified atom stereocenters. The van der Waals surface area contributed by atoms with Crippen molar-refractivity contribution in [2.24, 2.45) is 0 Å². The first kappa shape index (κ1) is 9.97. The minimum absolute atomic E-state index is 0.0170. The Morgan fingerprint density at radius 1 is 1.07 bits per heavy atom. The second kappa shape index (κ2) is 4.78. The van der Waals surface area contributed by atoms with E-state index in [1.165, 1.54) is 19.3 Å². The summed E-state index contributed by atoms with van der Waals surface area (Å²) in [6, 6.07) is -0.0238. The van der Waals surface area contributed by atoms with Crippen LogP contribution in [0.4, 0.5) is 0 Å². The van der Waals surface area contributed by atoms with Crippen molar-refractivity contribution in [3.8, 4) is 0 Å². The van der Waals surface area contributed by atoms with Gasteiger partial charge in [0.05, 0.1) is 0 Å². The summed E-state index contributed by atoms with van der Waals surface area (Å²) >= 11 is 0. The molecule has 1 saturated heterocycles. The molecule has 0 amide bonds. The summed E-state index contributed by atoms with van der Waals surface area (Å²) in [6.07, 6.45) is 8.07. The molecule has 1 atom stereocenters. The molecule has 0 aromatic carbocycles. The zero-order valence-corrected chi connectivity index (χ0v) is 8.63. The standard InChI is InChI=1S/C11H19NO2/c13-11(10-7-3-4-8-12-10)14-9-5-1-2-6-9/h9-10,12H,1-8H2. The molecule has 80 valence electrons. The fraction of sp³-hybridized carbons (Fsp3) is 0.909. The highest BCUT2D eigenvalue weighted by atomic mass is 16.5. The van der Waals surface area contributed by atoms with Crippen LogP contribution in [-0.4, -0.2) is 24.7 Å². The number of hydrogen-bond donors (Lipinski definition) is 1. The number of ether oxygens (including phenoxy) is 1. The van der Waals surface area contributed by atoms with Gasteiger partial charge in [0.25, 0.3) is 0 Å². The number of carbonyl (C=O) groups is 1. The van der Waals surface area contributed by atoms with Crippen LogP contribution >= 0.6 is 0 Å². The van der Waals surface area contributed by atoms with E-state index in [0.29, 0.717) is 0 Å². The molecule has 2 rings (SSSR count). The van der Waals surface area contributed by atoms with Crippen LogP contribution in [0.1, 0.15) is 44.9 Å². The molecule has 0 bridgehead atoms. The van der Waals surface area contributed by atoms with Crippen LogP contribution in [0.2, 0.25) is 0 Å². The molecule has 3 heteroatoms. The number of hydrogen-bond acceptors (Lipinski definition) is 3. The van der Waals surface area contributed by atoms with Crippen LogP contribution in [0, 0.1) is 0 Å². The average Bonchev–Trinajstić information content (AvgIpc) is 2.72. The molecule has 2 aliphatic rings. The molecular weight excluding hydrogens is 178 g/mol. The molecule has 1 N–H and O–H groups in total. The van der Waals surface area contributed by atoms with E-state index in [4.69, 9.17) is 4.74 Å². The van der Waals surface area contributed by atoms with Crippen LogP contribution in [-0.2, 0) is 9.53 Å². The molecule has 1 heterocycles. The van der Waals surface area contributed by atoms with Crippen molar-refractivity contribution in [1.29, 1.82) is 0 Å². The fourth-order valence-electron chi connectivity index (χ4n) is 2.31. The van der Waals surface area contributed by atoms with E-state index in [2.05, 4.69) is 5.32 Å². The van der Waals surface area contributed by atoms with Crippen LogP contribution in [0.15, 0.2) is 0 Å². The Balaban J connectivity index is 1.75. The summed E-state index contributed by atoms with van der Waals surface area (Å²) in [7, 11) is 0. The largest absolute Gasteiger partial charge is 0.461 e. The Morgan fingerprint density at radius 3 is 2.43 bits per heavy atom. The van der Waals surface area contributed by atoms with Crippen LogP contribution in [0.25, 0.3) is 0 Å². The number of rotatable bonds is 2. The lowest BCUT2D eigenvalue weighted by molar-refractivity contribution is -0.151. The van der Waals surface area contributed by atoms with Gasteiger partial charge in [-0.15, -0.1) is 0 Å². The first-order valence-electron chi connectivity index (χ1n) is 5.80. The molecule has 0 aromatic rings. The van der Waals surface area contributed by atoms with E-state index >= 15 is 0 Å². The van der Waals surface area contributed by atoms with E-state index in [0.717, 1.165) is 32.2 Å². The van der Waals surface area contributed by atoms with Gasteiger partial charge in [-0.25, -0.2) is 0 Å². The molecular formula is C11H19NO2. The number of piperidine rings is 1. The van der Waals surface area contributed by atoms with Gasteiger partial charge >= 0.3 is 5.97 Å². The van der Waals surface area contributed by atoms with E-state index in [1.54, 1.807) is 0 Å². The summed E-state index contributed by atoms with van der Waals surface area (Å²) in [5, 5.41) is 3.22. The second-order valence-electron chi connectivity index (χ2n) is 4.35. The molecule has 3 nitrogen and oxygen atoms in total. The third-order valence-corrected chi connectivity index (χ3v) is 3.18. The first-order chi connectivity index (χ1) is 6.86. The smallest absolute Gasteiger partial charge is 0.323 e. The maximum atomic E-state index is 11.7. The summed E-state index contributed by atoms with van der Waals surface area (Å²) in [5.74, 6) is -0.0170. The Morgan fingerprint density at radius 2 is 1.79 bits per heavy atom. The molecule has 14 heavy (non-hydrogen) atoms. The molecule has 0 radical (unpaired) electrons. The normalized spacial score (nSPS) is 29.0. The van der Waals surface area contributed by atoms with E-state index < -0.39 is 0 Å². The Kier molecular flexibility index (Phi) is 3.40. The van der Waals surface area contributed by atoms with E-state index in [9.17, 15) is 4.79 Å². The topological polar surface area (TPSA) is 38.3 Å². The minimum atomic E-state index is -0.0238. The minimum Gasteiger partial charge on any atom is -0.461 e. The summed E-state index contributed by atoms with van der Waals surface area (Å²) in [6.45, 7) is 0.963. The lowest BCUT2D eigenvalue weighted by Crippen LogP contribution is -2.42. The van der Waals surface area contributed by atoms with Gasteiger partial charge < -0.3 is 10.1 Å². The predicted molar refractivity (Wildman–Crippen MR) is 54.0 cm³/mol. The van der Waals surface area contributed by atoms with Gasteiger partial charge in [0, 0.05) is 0 Å². The van der Waals surface area contributed by atoms with Gasteiger partial charge in [-0.05, 0) is 45.1 Å². The Bertz CT molecular complexity index is 193. The fourth-order valence-corrected chi connectivity index (χ4v) is 2.31. The van der Waals surface area contributed by atoms with Gasteiger partial charge in [0.2, 0.25) is 0 Å². The third-order valence-electron chi connectivity index (χ3n) is 3.18. The van der Waals surface area contributed by atoms with Gasteiger partial charge in [-0.2, -0.15) is 0 Å². The molecule has 0 spiro atoms. The highest BCUT2D eigenvalue weighted by Gasteiger charge is 2.26. The zero-order chi connectivity index (χ0) is 9.80. The van der Waals surface area contributed by atoms with Crippen molar-refractivity contribution in [2.75, 3.05) is 6.54 Å². The van der Waals surface area contributed by atoms with Crippen molar-refractivity contribution in [3.05, 3.63) is 0 Å². The molecule has 1 aliphatic heterocycles. The second-order valence-corrected chi connectivity index (χ2v) is 4.35. The number of carbonyl (C=O) groups excluding carboxylic acids is 1. The number of nitrogens with one attached hydrogen (secondary N) is 1. The van der Waals surface area contributed by atoms with E-state index in [-0.39, 0.29) is 18.1 Å². The summed E-state index contributed by atoms with van der Waals surface area (Å²) in [5.41, 5.74) is 0. The van der Waals surface area contributed by atoms with Crippen molar-refractivity contribution < 1.29 is 9.53 Å². The quantitative estimate of drug-likeness (QED) is 0.683. The molecule has 1 aliphatic carbocycles. The highest BCUT2D eigenvalue weighted by molar-refractivity contribution is 5.76. The maximum Gasteiger partial charge on any atom is 0.323 e. The zero-order valence-electron chi connectivity index (χ0n) is 8.63. The molecule has 2 fully saturated rings. The molecule has 0 aromatic heterocycles. The molecule has 1 saturated carbocycles. The highest BCUT2D eigenvalue weighted by Crippen LogP contribution is 2.22. The average molecular weight is 197 g/mol. The van der Waals surface area contributed by atoms with E-state index in [1.807, 2.05) is 0 Å². The van der Waals surface area contributed by atoms with Crippen molar-refractivity contribution in [2.45, 2.75) is 57.1 Å². The van der Waals surface area contributed by atoms with Crippen molar-refractivity contribution >= 4 is 5.97 Å². The Hall–Kier alpha value is -0.570. The van der Waals surface area contributed by atoms with Crippen LogP contribution in [0.3, 0.4) is 0 Å². The number of esters is 1. The lowest BCUT2D eigenvalue weighted by Gasteiger charge is -2.23. The van der Waals surface area contributed by atoms with Gasteiger partial charge in [0.15, 0.2) is 0 Å². The summed E-state index contributed by atoms with van der Waals surface area (Å²) in [4.78, 5) is 11.7. The summed E-state index contributed by atoms with van der Waals surface area (Å²) < 4.78 is 5.45. The monoisotopic (exact) mass is 197 g/mol. The first-order valence-corrected chi connectivity index (χ1v) is 5.80. The SMILES string of the molecule is O=C(OC1CCCC1)C1CCCCN1. The van der Waals surface area contributed by atoms with Gasteiger partial charge in [0.1, 0.15) is 12.1 Å². The van der Waals surface area contributed by atoms with Crippen molar-refractivity contribution in [3.63, 3.8) is 0 Å². The van der Waals surface area contributed by atoms with Crippen LogP contribution in [0.5, 0.6) is 0 Å². The van der Waals surface area contributed by atoms with Crippen molar-refractivity contribution in [1.82, 2.24) is 5.32 Å². The maximum absolute atomic E-state index is 11.7. The van der Waals surface area contributed by atoms with Gasteiger partial charge in [-0.3, -0.25) is 4.79 Å². The lowest BCUT2D eigenvalue weighted by atomic mass is 10.1. The predicted octanol–water partition coefficient (Wildman–Crippen LogP) is 1.61. The third kappa shape index (κ3) is 2.47. The van der Waals surface area contributed by atoms with Gasteiger partial charge in [-0.1, -0.05) is 6.42 Å².